The highest BCUT2D eigenvalue weighted by molar-refractivity contribution is 5.95. The minimum atomic E-state index is -2.66. The molecule has 0 aromatic heterocycles. The van der Waals surface area contributed by atoms with Crippen molar-refractivity contribution in [3.8, 4) is 34.8 Å². The first-order valence-electron chi connectivity index (χ1n) is 18.3. The van der Waals surface area contributed by atoms with Crippen LogP contribution in [0.25, 0.3) is 6.08 Å². The van der Waals surface area contributed by atoms with E-state index in [1.165, 1.54) is 51.3 Å². The topological polar surface area (TPSA) is 163 Å². The number of phenolic OH excluding ortho intramolecular Hbond substituents is 1. The third kappa shape index (κ3) is 6.56. The first-order valence-corrected chi connectivity index (χ1v) is 18.3. The SMILES string of the molecule is COc1c(C)cc2c(c1O)[C@H]1C3Cc4c(OC(C)=O)c(C)c5c(c4[C@H](CNC(=O)[C@@H](C)NC(=O)/C=C/c4cccc(C(F)F)c4)N3[C@@H](C#N)[C@H](C2)N1C)OCO5. The van der Waals surface area contributed by atoms with Gasteiger partial charge in [0.2, 0.25) is 18.6 Å². The number of rotatable bonds is 9. The number of methoxy groups -OCH3 is 1. The zero-order valence-electron chi connectivity index (χ0n) is 31.8. The van der Waals surface area contributed by atoms with Crippen LogP contribution < -0.4 is 29.6 Å². The van der Waals surface area contributed by atoms with Gasteiger partial charge in [-0.25, -0.2) is 8.78 Å². The number of nitrogens with one attached hydrogen (secondary N) is 2. The van der Waals surface area contributed by atoms with Crippen LogP contribution in [0, 0.1) is 25.2 Å². The number of fused-ring (bicyclic) bond motifs is 9. The van der Waals surface area contributed by atoms with Crippen LogP contribution in [0.4, 0.5) is 8.78 Å². The second kappa shape index (κ2) is 15.1. The highest BCUT2D eigenvalue weighted by atomic mass is 19.3. The standard InChI is InChI=1S/C41H43F2N5O8/c1-19-12-25-14-27-29(16-44)48-28(34(47(27)5)32(25)35(51)36(19)53-6)15-26-33(39-38(54-18-55-39)20(2)37(26)56-22(4)49)30(48)17-45-41(52)21(3)46-31(50)11-10-23-8-7-9-24(13-23)40(42)43/h7-13,21,27-30,34,40,51H,14-15,17-18H2,1-6H3,(H,45,52)(H,46,50)/b11-10+/t21-,27+,28?,29+,30+,34-/m1/s1. The summed E-state index contributed by atoms with van der Waals surface area (Å²) in [4.78, 5) is 43.3. The number of halogens is 2. The number of amides is 2. The van der Waals surface area contributed by atoms with E-state index < -0.39 is 54.4 Å². The normalized spacial score (nSPS) is 22.8. The van der Waals surface area contributed by atoms with Crippen molar-refractivity contribution < 1.29 is 47.2 Å². The Bertz CT molecular complexity index is 2190. The molecule has 1 fully saturated rings. The van der Waals surface area contributed by atoms with E-state index in [0.29, 0.717) is 57.2 Å². The molecule has 0 aliphatic carbocycles. The van der Waals surface area contributed by atoms with Gasteiger partial charge in [-0.3, -0.25) is 24.2 Å². The summed E-state index contributed by atoms with van der Waals surface area (Å²) in [6, 6.07) is 6.50. The van der Waals surface area contributed by atoms with E-state index >= 15 is 0 Å². The van der Waals surface area contributed by atoms with Gasteiger partial charge in [0.05, 0.1) is 25.3 Å². The van der Waals surface area contributed by atoms with Crippen molar-refractivity contribution >= 4 is 23.9 Å². The molecular formula is C41H43F2N5O8. The molecule has 7 rings (SSSR count). The number of aryl methyl sites for hydroxylation is 1. The van der Waals surface area contributed by atoms with Crippen molar-refractivity contribution in [2.24, 2.45) is 0 Å². The number of benzene rings is 3. The number of likely N-dealkylation sites (N-methyl/N-ethyl adjacent to an activating group) is 1. The molecule has 3 N–H and O–H groups in total. The molecule has 3 aromatic carbocycles. The lowest BCUT2D eigenvalue weighted by molar-refractivity contribution is -0.132. The highest BCUT2D eigenvalue weighted by Gasteiger charge is 2.57. The number of hydrogen-bond acceptors (Lipinski definition) is 11. The predicted molar refractivity (Wildman–Crippen MR) is 199 cm³/mol. The fourth-order valence-electron chi connectivity index (χ4n) is 8.96. The maximum atomic E-state index is 13.7. The van der Waals surface area contributed by atoms with Crippen LogP contribution in [0.3, 0.4) is 0 Å². The van der Waals surface area contributed by atoms with E-state index in [-0.39, 0.29) is 37.1 Å². The van der Waals surface area contributed by atoms with Crippen molar-refractivity contribution in [2.75, 3.05) is 27.5 Å². The molecular weight excluding hydrogens is 728 g/mol. The van der Waals surface area contributed by atoms with Crippen molar-refractivity contribution in [3.63, 3.8) is 0 Å². The summed E-state index contributed by atoms with van der Waals surface area (Å²) in [7, 11) is 3.44. The van der Waals surface area contributed by atoms with Crippen LogP contribution in [0.1, 0.15) is 76.9 Å². The van der Waals surface area contributed by atoms with Gasteiger partial charge in [-0.1, -0.05) is 24.3 Å². The number of carbonyl (C=O) groups is 3. The average Bonchev–Trinajstić information content (AvgIpc) is 3.65. The maximum Gasteiger partial charge on any atom is 0.308 e. The van der Waals surface area contributed by atoms with Crippen LogP contribution in [0.15, 0.2) is 36.4 Å². The minimum absolute atomic E-state index is 0.0197. The lowest BCUT2D eigenvalue weighted by atomic mass is 9.71. The van der Waals surface area contributed by atoms with Gasteiger partial charge in [-0.05, 0) is 69.5 Å². The van der Waals surface area contributed by atoms with Crippen LogP contribution in [0.5, 0.6) is 28.7 Å². The predicted octanol–water partition coefficient (Wildman–Crippen LogP) is 4.71. The molecule has 0 radical (unpaired) electrons. The average molecular weight is 772 g/mol. The molecule has 2 amide bonds. The Morgan fingerprint density at radius 1 is 1.11 bits per heavy atom. The van der Waals surface area contributed by atoms with E-state index in [1.54, 1.807) is 13.0 Å². The fourth-order valence-corrected chi connectivity index (χ4v) is 8.96. The molecule has 4 heterocycles. The molecule has 0 saturated carbocycles. The number of phenols is 1. The number of carbonyl (C=O) groups excluding carboxylic acids is 3. The van der Waals surface area contributed by atoms with E-state index in [9.17, 15) is 33.5 Å². The van der Waals surface area contributed by atoms with Gasteiger partial charge in [-0.15, -0.1) is 0 Å². The van der Waals surface area contributed by atoms with Gasteiger partial charge in [0.15, 0.2) is 23.0 Å². The fraction of sp³-hybridized carbons (Fsp3) is 0.415. The van der Waals surface area contributed by atoms with Crippen LogP contribution >= 0.6 is 0 Å². The molecule has 4 aliphatic rings. The lowest BCUT2D eigenvalue weighted by Crippen LogP contribution is -2.69. The van der Waals surface area contributed by atoms with Gasteiger partial charge in [0.1, 0.15) is 17.8 Å². The van der Waals surface area contributed by atoms with Crippen molar-refractivity contribution in [3.05, 3.63) is 80.9 Å². The summed E-state index contributed by atoms with van der Waals surface area (Å²) in [5.41, 5.74) is 4.40. The summed E-state index contributed by atoms with van der Waals surface area (Å²) in [6.45, 7) is 6.33. The van der Waals surface area contributed by atoms with E-state index in [0.717, 1.165) is 11.1 Å². The molecule has 3 aromatic rings. The first-order chi connectivity index (χ1) is 26.7. The van der Waals surface area contributed by atoms with E-state index in [4.69, 9.17) is 18.9 Å². The van der Waals surface area contributed by atoms with Gasteiger partial charge >= 0.3 is 5.97 Å². The number of piperazine rings is 1. The summed E-state index contributed by atoms with van der Waals surface area (Å²) in [6.07, 6.45) is 0.638. The summed E-state index contributed by atoms with van der Waals surface area (Å²) < 4.78 is 49.8. The van der Waals surface area contributed by atoms with Crippen molar-refractivity contribution in [2.45, 2.75) is 83.2 Å². The molecule has 56 heavy (non-hydrogen) atoms. The number of nitrogens with zero attached hydrogens (tertiary/aromatic N) is 3. The second-order valence-corrected chi connectivity index (χ2v) is 14.6. The van der Waals surface area contributed by atoms with Gasteiger partial charge < -0.3 is 34.7 Å². The number of nitriles is 1. The third-order valence-electron chi connectivity index (χ3n) is 11.3. The molecule has 1 unspecified atom stereocenters. The smallest absolute Gasteiger partial charge is 0.308 e. The van der Waals surface area contributed by atoms with Crippen molar-refractivity contribution in [1.29, 1.82) is 5.26 Å². The molecule has 4 aliphatic heterocycles. The Labute approximate surface area is 322 Å². The second-order valence-electron chi connectivity index (χ2n) is 14.6. The highest BCUT2D eigenvalue weighted by Crippen LogP contribution is 2.58. The molecule has 6 atom stereocenters. The summed E-state index contributed by atoms with van der Waals surface area (Å²) in [5, 5.41) is 28.3. The molecule has 15 heteroatoms. The maximum absolute atomic E-state index is 13.7. The molecule has 294 valence electrons. The largest absolute Gasteiger partial charge is 0.504 e. The first kappa shape index (κ1) is 38.6. The molecule has 13 nitrogen and oxygen atoms in total. The third-order valence-corrected chi connectivity index (χ3v) is 11.3. The number of esters is 1. The number of hydrogen-bond donors (Lipinski definition) is 3. The van der Waals surface area contributed by atoms with Crippen LogP contribution in [-0.2, 0) is 27.2 Å². The van der Waals surface area contributed by atoms with Gasteiger partial charge in [0.25, 0.3) is 6.43 Å². The Morgan fingerprint density at radius 3 is 2.55 bits per heavy atom. The summed E-state index contributed by atoms with van der Waals surface area (Å²) in [5.74, 6) is -0.172. The Hall–Kier alpha value is -5.72. The lowest BCUT2D eigenvalue weighted by Gasteiger charge is -2.60. The van der Waals surface area contributed by atoms with Crippen LogP contribution in [0.2, 0.25) is 0 Å². The van der Waals surface area contributed by atoms with E-state index in [2.05, 4.69) is 26.5 Å². The minimum Gasteiger partial charge on any atom is -0.504 e. The zero-order valence-corrected chi connectivity index (χ0v) is 31.8. The van der Waals surface area contributed by atoms with Crippen LogP contribution in [-0.4, -0.2) is 84.4 Å². The molecule has 1 saturated heterocycles. The van der Waals surface area contributed by atoms with Gasteiger partial charge in [-0.2, -0.15) is 5.26 Å². The monoisotopic (exact) mass is 771 g/mol. The number of aromatic hydroxyl groups is 1. The Morgan fingerprint density at radius 2 is 1.86 bits per heavy atom. The number of ether oxygens (including phenoxy) is 4. The van der Waals surface area contributed by atoms with E-state index in [1.807, 2.05) is 20.0 Å². The quantitative estimate of drug-likeness (QED) is 0.157. The summed E-state index contributed by atoms with van der Waals surface area (Å²) >= 11 is 0. The number of alkyl halides is 2. The Kier molecular flexibility index (Phi) is 10.4. The van der Waals surface area contributed by atoms with Crippen molar-refractivity contribution in [1.82, 2.24) is 20.4 Å². The Balaban J connectivity index is 1.26. The molecule has 2 bridgehead atoms. The van der Waals surface area contributed by atoms with Gasteiger partial charge in [0, 0.05) is 59.4 Å². The molecule has 0 spiro atoms. The zero-order chi connectivity index (χ0) is 40.2.